The maximum atomic E-state index is 13.2. The first-order valence-corrected chi connectivity index (χ1v) is 5.76. The van der Waals surface area contributed by atoms with Gasteiger partial charge in [0.05, 0.1) is 0 Å². The minimum atomic E-state index is -0.666. The van der Waals surface area contributed by atoms with E-state index in [0.717, 1.165) is 6.07 Å². The molecule has 1 aromatic carbocycles. The van der Waals surface area contributed by atoms with Gasteiger partial charge in [-0.3, -0.25) is 4.79 Å². The van der Waals surface area contributed by atoms with Gasteiger partial charge in [-0.1, -0.05) is 6.07 Å². The van der Waals surface area contributed by atoms with Crippen molar-refractivity contribution in [2.75, 3.05) is 26.9 Å². The molecule has 0 aromatic heterocycles. The monoisotopic (exact) mass is 266 g/mol. The third-order valence-electron chi connectivity index (χ3n) is 2.29. The molecule has 0 fully saturated rings. The molecular formula is C13H15FN2O3. The fourth-order valence-electron chi connectivity index (χ4n) is 1.37. The summed E-state index contributed by atoms with van der Waals surface area (Å²) in [6.45, 7) is 0.777. The molecule has 1 N–H and O–H groups in total. The van der Waals surface area contributed by atoms with Crippen molar-refractivity contribution in [2.45, 2.75) is 6.42 Å². The molecule has 0 aliphatic rings. The van der Waals surface area contributed by atoms with Crippen LogP contribution in [-0.4, -0.2) is 32.8 Å². The summed E-state index contributed by atoms with van der Waals surface area (Å²) in [5, 5.41) is 11.4. The molecular weight excluding hydrogens is 251 g/mol. The number of benzene rings is 1. The number of carbonyl (C=O) groups excluding carboxylic acids is 1. The number of rotatable bonds is 7. The Hall–Kier alpha value is -2.13. The highest BCUT2D eigenvalue weighted by molar-refractivity contribution is 5.77. The van der Waals surface area contributed by atoms with Crippen molar-refractivity contribution in [2.24, 2.45) is 0 Å². The molecule has 1 amide bonds. The van der Waals surface area contributed by atoms with Crippen LogP contribution in [0.25, 0.3) is 0 Å². The van der Waals surface area contributed by atoms with Crippen molar-refractivity contribution in [3.8, 4) is 11.8 Å². The second kappa shape index (κ2) is 8.06. The Morgan fingerprint density at radius 3 is 3.00 bits per heavy atom. The summed E-state index contributed by atoms with van der Waals surface area (Å²) in [7, 11) is 1.58. The first kappa shape index (κ1) is 14.9. The topological polar surface area (TPSA) is 71.3 Å². The molecule has 0 aliphatic heterocycles. The lowest BCUT2D eigenvalue weighted by Gasteiger charge is -2.08. The third kappa shape index (κ3) is 4.94. The quantitative estimate of drug-likeness (QED) is 0.753. The second-order valence-corrected chi connectivity index (χ2v) is 3.71. The van der Waals surface area contributed by atoms with Crippen molar-refractivity contribution >= 4 is 5.91 Å². The molecule has 1 rings (SSSR count). The fourth-order valence-corrected chi connectivity index (χ4v) is 1.37. The average Bonchev–Trinajstić information content (AvgIpc) is 2.41. The molecule has 0 aliphatic carbocycles. The highest BCUT2D eigenvalue weighted by Gasteiger charge is 2.10. The number of halogens is 1. The molecule has 19 heavy (non-hydrogen) atoms. The lowest BCUT2D eigenvalue weighted by molar-refractivity contribution is -0.123. The van der Waals surface area contributed by atoms with Crippen LogP contribution in [-0.2, 0) is 9.53 Å². The molecule has 0 heterocycles. The van der Waals surface area contributed by atoms with Crippen molar-refractivity contribution in [3.63, 3.8) is 0 Å². The summed E-state index contributed by atoms with van der Waals surface area (Å²) in [5.41, 5.74) is -0.199. The highest BCUT2D eigenvalue weighted by Crippen LogP contribution is 2.19. The summed E-state index contributed by atoms with van der Waals surface area (Å²) in [5.74, 6) is -0.931. The van der Waals surface area contributed by atoms with Gasteiger partial charge in [0, 0.05) is 20.3 Å². The predicted molar refractivity (Wildman–Crippen MR) is 66.1 cm³/mol. The summed E-state index contributed by atoms with van der Waals surface area (Å²) >= 11 is 0. The largest absolute Gasteiger partial charge is 0.482 e. The first-order valence-electron chi connectivity index (χ1n) is 5.76. The highest BCUT2D eigenvalue weighted by atomic mass is 19.1. The molecule has 0 atom stereocenters. The van der Waals surface area contributed by atoms with E-state index in [1.807, 2.05) is 0 Å². The van der Waals surface area contributed by atoms with E-state index in [9.17, 15) is 9.18 Å². The van der Waals surface area contributed by atoms with Gasteiger partial charge in [0.25, 0.3) is 5.91 Å². The number of nitrogens with one attached hydrogen (secondary N) is 1. The number of methoxy groups -OCH3 is 1. The molecule has 5 nitrogen and oxygen atoms in total. The Kier molecular flexibility index (Phi) is 6.33. The van der Waals surface area contributed by atoms with Crippen molar-refractivity contribution < 1.29 is 18.7 Å². The number of hydrogen-bond acceptors (Lipinski definition) is 4. The van der Waals surface area contributed by atoms with E-state index in [-0.39, 0.29) is 23.8 Å². The lowest BCUT2D eigenvalue weighted by Crippen LogP contribution is -2.30. The number of hydrogen-bond donors (Lipinski definition) is 1. The Morgan fingerprint density at radius 2 is 2.32 bits per heavy atom. The van der Waals surface area contributed by atoms with Crippen LogP contribution >= 0.6 is 0 Å². The van der Waals surface area contributed by atoms with Gasteiger partial charge in [-0.15, -0.1) is 0 Å². The van der Waals surface area contributed by atoms with E-state index < -0.39 is 5.82 Å². The van der Waals surface area contributed by atoms with Crippen molar-refractivity contribution in [1.29, 1.82) is 5.26 Å². The Labute approximate surface area is 110 Å². The van der Waals surface area contributed by atoms with E-state index in [4.69, 9.17) is 14.7 Å². The standard InChI is InChI=1S/C13H15FN2O3/c1-18-7-3-6-16-13(17)9-19-12-5-2-4-11(14)10(12)8-15/h2,4-5H,3,6-7,9H2,1H3,(H,16,17). The van der Waals surface area contributed by atoms with Gasteiger partial charge in [-0.2, -0.15) is 5.26 Å². The Balaban J connectivity index is 2.43. The number of ether oxygens (including phenoxy) is 2. The van der Waals surface area contributed by atoms with Crippen LogP contribution in [0.1, 0.15) is 12.0 Å². The van der Waals surface area contributed by atoms with Gasteiger partial charge < -0.3 is 14.8 Å². The molecule has 0 saturated heterocycles. The molecule has 1 aromatic rings. The molecule has 0 saturated carbocycles. The Morgan fingerprint density at radius 1 is 1.53 bits per heavy atom. The van der Waals surface area contributed by atoms with Gasteiger partial charge in [0.15, 0.2) is 6.61 Å². The Bertz CT molecular complexity index is 471. The van der Waals surface area contributed by atoms with E-state index in [1.165, 1.54) is 12.1 Å². The third-order valence-corrected chi connectivity index (χ3v) is 2.29. The maximum absolute atomic E-state index is 13.2. The van der Waals surface area contributed by atoms with E-state index in [2.05, 4.69) is 5.32 Å². The minimum Gasteiger partial charge on any atom is -0.482 e. The summed E-state index contributed by atoms with van der Waals surface area (Å²) in [6.07, 6.45) is 0.700. The zero-order valence-corrected chi connectivity index (χ0v) is 10.6. The van der Waals surface area contributed by atoms with E-state index >= 15 is 0 Å². The SMILES string of the molecule is COCCCNC(=O)COc1cccc(F)c1C#N. The van der Waals surface area contributed by atoms with Gasteiger partial charge in [0.2, 0.25) is 0 Å². The normalized spacial score (nSPS) is 9.74. The fraction of sp³-hybridized carbons (Fsp3) is 0.385. The zero-order valence-electron chi connectivity index (χ0n) is 10.6. The van der Waals surface area contributed by atoms with Crippen LogP contribution in [0.5, 0.6) is 5.75 Å². The first-order chi connectivity index (χ1) is 9.19. The molecule has 0 spiro atoms. The van der Waals surface area contributed by atoms with Crippen LogP contribution in [0.3, 0.4) is 0 Å². The van der Waals surface area contributed by atoms with E-state index in [0.29, 0.717) is 19.6 Å². The maximum Gasteiger partial charge on any atom is 0.257 e. The van der Waals surface area contributed by atoms with Crippen molar-refractivity contribution in [3.05, 3.63) is 29.6 Å². The van der Waals surface area contributed by atoms with Crippen LogP contribution in [0.15, 0.2) is 18.2 Å². The van der Waals surface area contributed by atoms with Crippen LogP contribution in [0.2, 0.25) is 0 Å². The molecule has 0 bridgehead atoms. The summed E-state index contributed by atoms with van der Waals surface area (Å²) in [4.78, 5) is 11.4. The number of nitrogens with zero attached hydrogens (tertiary/aromatic N) is 1. The van der Waals surface area contributed by atoms with Gasteiger partial charge in [-0.25, -0.2) is 4.39 Å². The number of nitriles is 1. The smallest absolute Gasteiger partial charge is 0.257 e. The minimum absolute atomic E-state index is 0.0644. The van der Waals surface area contributed by atoms with Crippen LogP contribution < -0.4 is 10.1 Å². The summed E-state index contributed by atoms with van der Waals surface area (Å²) in [6, 6.07) is 5.73. The predicted octanol–water partition coefficient (Wildman–Crippen LogP) is 1.23. The molecule has 6 heteroatoms. The summed E-state index contributed by atoms with van der Waals surface area (Å²) < 4.78 is 23.2. The van der Waals surface area contributed by atoms with E-state index in [1.54, 1.807) is 13.2 Å². The van der Waals surface area contributed by atoms with Crippen LogP contribution in [0.4, 0.5) is 4.39 Å². The van der Waals surface area contributed by atoms with Gasteiger partial charge in [-0.05, 0) is 18.6 Å². The van der Waals surface area contributed by atoms with Gasteiger partial charge >= 0.3 is 0 Å². The lowest BCUT2D eigenvalue weighted by atomic mass is 10.2. The molecule has 102 valence electrons. The number of amides is 1. The molecule has 0 radical (unpaired) electrons. The zero-order chi connectivity index (χ0) is 14.1. The number of carbonyl (C=O) groups is 1. The molecule has 0 unspecified atom stereocenters. The average molecular weight is 266 g/mol. The van der Waals surface area contributed by atoms with Crippen LogP contribution in [0, 0.1) is 17.1 Å². The van der Waals surface area contributed by atoms with Gasteiger partial charge in [0.1, 0.15) is 23.2 Å². The second-order valence-electron chi connectivity index (χ2n) is 3.71. The van der Waals surface area contributed by atoms with Crippen molar-refractivity contribution in [1.82, 2.24) is 5.32 Å².